The second-order valence-electron chi connectivity index (χ2n) is 6.77. The highest BCUT2D eigenvalue weighted by atomic mass is 32.2. The number of Topliss-reactive ketones (excluding diaryl/α,β-unsaturated/α-hetero) is 1. The van der Waals surface area contributed by atoms with Gasteiger partial charge in [-0.15, -0.1) is 0 Å². The number of rotatable bonds is 6. The fourth-order valence-electron chi connectivity index (χ4n) is 3.15. The molecule has 0 atom stereocenters. The number of aryl methyl sites for hydroxylation is 1. The molecule has 0 unspecified atom stereocenters. The average Bonchev–Trinajstić information content (AvgIpc) is 2.99. The number of aromatic amines is 1. The minimum Gasteiger partial charge on any atom is -0.339 e. The van der Waals surface area contributed by atoms with E-state index in [1.807, 2.05) is 6.07 Å². The number of nitriles is 1. The zero-order chi connectivity index (χ0) is 22.8. The first-order valence-corrected chi connectivity index (χ1v) is 10.1. The van der Waals surface area contributed by atoms with E-state index in [4.69, 9.17) is 0 Å². The lowest BCUT2D eigenvalue weighted by molar-refractivity contribution is -0.141. The van der Waals surface area contributed by atoms with Gasteiger partial charge in [0, 0.05) is 22.5 Å². The fraction of sp³-hybridized carbons (Fsp3) is 0.238. The number of halogens is 3. The van der Waals surface area contributed by atoms with Crippen LogP contribution in [0.15, 0.2) is 46.3 Å². The maximum atomic E-state index is 12.8. The molecule has 2 aromatic heterocycles. The van der Waals surface area contributed by atoms with E-state index in [9.17, 15) is 28.0 Å². The zero-order valence-electron chi connectivity index (χ0n) is 16.6. The van der Waals surface area contributed by atoms with Crippen LogP contribution in [-0.2, 0) is 6.54 Å². The zero-order valence-corrected chi connectivity index (χ0v) is 17.4. The predicted molar refractivity (Wildman–Crippen MR) is 110 cm³/mol. The van der Waals surface area contributed by atoms with Gasteiger partial charge in [-0.05, 0) is 19.9 Å². The quantitative estimate of drug-likeness (QED) is 0.347. The first kappa shape index (κ1) is 22.4. The Morgan fingerprint density at radius 2 is 1.94 bits per heavy atom. The normalized spacial score (nSPS) is 11.4. The lowest BCUT2D eigenvalue weighted by Crippen LogP contribution is -2.20. The molecule has 0 aliphatic carbocycles. The van der Waals surface area contributed by atoms with Gasteiger partial charge < -0.3 is 9.55 Å². The molecule has 0 radical (unpaired) electrons. The third kappa shape index (κ3) is 5.06. The van der Waals surface area contributed by atoms with Gasteiger partial charge in [0.25, 0.3) is 5.56 Å². The van der Waals surface area contributed by atoms with Crippen LogP contribution in [0.25, 0.3) is 11.3 Å². The summed E-state index contributed by atoms with van der Waals surface area (Å²) in [4.78, 5) is 31.7. The van der Waals surface area contributed by atoms with Crippen molar-refractivity contribution in [2.24, 2.45) is 0 Å². The molecule has 0 bridgehead atoms. The van der Waals surface area contributed by atoms with Crippen molar-refractivity contribution in [3.05, 3.63) is 69.3 Å². The van der Waals surface area contributed by atoms with Crippen molar-refractivity contribution in [1.82, 2.24) is 14.5 Å². The Bertz CT molecular complexity index is 1220. The number of H-pyrrole nitrogens is 1. The van der Waals surface area contributed by atoms with Gasteiger partial charge in [0.1, 0.15) is 18.2 Å². The van der Waals surface area contributed by atoms with Gasteiger partial charge in [0.15, 0.2) is 10.9 Å². The third-order valence-corrected chi connectivity index (χ3v) is 5.48. The smallest absolute Gasteiger partial charge is 0.339 e. The number of alkyl halides is 3. The van der Waals surface area contributed by atoms with E-state index in [1.165, 1.54) is 19.9 Å². The molecule has 0 aliphatic rings. The molecule has 0 saturated heterocycles. The van der Waals surface area contributed by atoms with E-state index in [0.717, 1.165) is 16.3 Å². The van der Waals surface area contributed by atoms with Crippen LogP contribution in [0, 0.1) is 25.2 Å². The molecule has 6 nitrogen and oxygen atoms in total. The van der Waals surface area contributed by atoms with Crippen LogP contribution in [-0.4, -0.2) is 32.2 Å². The summed E-state index contributed by atoms with van der Waals surface area (Å²) >= 11 is 0.945. The van der Waals surface area contributed by atoms with Crippen LogP contribution in [0.3, 0.4) is 0 Å². The van der Waals surface area contributed by atoms with Crippen molar-refractivity contribution in [3.8, 4) is 17.3 Å². The van der Waals surface area contributed by atoms with Crippen LogP contribution < -0.4 is 5.56 Å². The number of ketones is 1. The van der Waals surface area contributed by atoms with Gasteiger partial charge in [-0.25, -0.2) is 4.98 Å². The van der Waals surface area contributed by atoms with Crippen molar-refractivity contribution in [3.63, 3.8) is 0 Å². The Morgan fingerprint density at radius 1 is 1.26 bits per heavy atom. The Balaban J connectivity index is 1.85. The molecular weight excluding hydrogens is 429 g/mol. The number of thioether (sulfide) groups is 1. The van der Waals surface area contributed by atoms with Crippen molar-refractivity contribution in [1.29, 1.82) is 5.26 Å². The summed E-state index contributed by atoms with van der Waals surface area (Å²) in [5.74, 6) is -0.529. The average molecular weight is 446 g/mol. The van der Waals surface area contributed by atoms with E-state index in [2.05, 4.69) is 9.97 Å². The number of hydrogen-bond acceptors (Lipinski definition) is 5. The highest BCUT2D eigenvalue weighted by molar-refractivity contribution is 7.99. The Morgan fingerprint density at radius 3 is 2.55 bits per heavy atom. The van der Waals surface area contributed by atoms with Gasteiger partial charge in [0.05, 0.1) is 11.4 Å². The Hall–Kier alpha value is -3.32. The van der Waals surface area contributed by atoms with Crippen LogP contribution in [0.1, 0.15) is 27.3 Å². The SMILES string of the molecule is Cc1cc(C(=O)CSc2nc(-c3ccccc3)c(C#N)c(=O)[nH]2)c(C)n1CC(F)(F)F. The number of nitrogens with one attached hydrogen (secondary N) is 1. The highest BCUT2D eigenvalue weighted by Crippen LogP contribution is 2.26. The molecule has 0 fully saturated rings. The molecule has 160 valence electrons. The molecule has 31 heavy (non-hydrogen) atoms. The number of benzene rings is 1. The molecule has 3 aromatic rings. The van der Waals surface area contributed by atoms with E-state index >= 15 is 0 Å². The van der Waals surface area contributed by atoms with E-state index in [-0.39, 0.29) is 39.2 Å². The molecule has 2 heterocycles. The number of hydrogen-bond donors (Lipinski definition) is 1. The largest absolute Gasteiger partial charge is 0.406 e. The molecule has 10 heteroatoms. The Kier molecular flexibility index (Phi) is 6.36. The van der Waals surface area contributed by atoms with E-state index in [1.54, 1.807) is 30.3 Å². The summed E-state index contributed by atoms with van der Waals surface area (Å²) < 4.78 is 39.4. The highest BCUT2D eigenvalue weighted by Gasteiger charge is 2.30. The summed E-state index contributed by atoms with van der Waals surface area (Å²) in [5, 5.41) is 9.44. The summed E-state index contributed by atoms with van der Waals surface area (Å²) in [6, 6.07) is 11.9. The number of carbonyl (C=O) groups excluding carboxylic acids is 1. The molecular formula is C21H17F3N4O2S. The first-order chi connectivity index (χ1) is 14.6. The maximum absolute atomic E-state index is 12.8. The molecule has 0 amide bonds. The van der Waals surface area contributed by atoms with Crippen molar-refractivity contribution in [2.45, 2.75) is 31.7 Å². The molecule has 0 aliphatic heterocycles. The Labute approximate surface area is 179 Å². The predicted octanol–water partition coefficient (Wildman–Crippen LogP) is 4.26. The minimum absolute atomic E-state index is 0.139. The minimum atomic E-state index is -4.40. The lowest BCUT2D eigenvalue weighted by Gasteiger charge is -2.12. The molecule has 0 saturated carbocycles. The third-order valence-electron chi connectivity index (χ3n) is 4.61. The number of nitrogens with zero attached hydrogens (tertiary/aromatic N) is 3. The second-order valence-corrected chi connectivity index (χ2v) is 7.73. The summed E-state index contributed by atoms with van der Waals surface area (Å²) in [5.41, 5.74) is 0.756. The van der Waals surface area contributed by atoms with Crippen LogP contribution in [0.4, 0.5) is 13.2 Å². The van der Waals surface area contributed by atoms with Gasteiger partial charge in [-0.1, -0.05) is 42.1 Å². The van der Waals surface area contributed by atoms with Crippen LogP contribution in [0.5, 0.6) is 0 Å². The fourth-order valence-corrected chi connectivity index (χ4v) is 3.89. The van der Waals surface area contributed by atoms with Crippen molar-refractivity contribution >= 4 is 17.5 Å². The summed E-state index contributed by atoms with van der Waals surface area (Å²) in [6.07, 6.45) is -4.40. The second kappa shape index (κ2) is 8.81. The first-order valence-electron chi connectivity index (χ1n) is 9.10. The molecule has 1 aromatic carbocycles. The van der Waals surface area contributed by atoms with E-state index < -0.39 is 18.3 Å². The molecule has 0 spiro atoms. The van der Waals surface area contributed by atoms with Gasteiger partial charge >= 0.3 is 6.18 Å². The topological polar surface area (TPSA) is 91.5 Å². The number of aromatic nitrogens is 3. The standard InChI is InChI=1S/C21H17F3N4O2S/c1-12-8-15(13(2)28(12)11-21(22,23)24)17(29)10-31-20-26-18(14-6-4-3-5-7-14)16(9-25)19(30)27-20/h3-8H,10-11H2,1-2H3,(H,26,27,30). The molecule has 1 N–H and O–H groups in total. The number of carbonyl (C=O) groups is 1. The monoisotopic (exact) mass is 446 g/mol. The van der Waals surface area contributed by atoms with E-state index in [0.29, 0.717) is 11.3 Å². The van der Waals surface area contributed by atoms with Gasteiger partial charge in [-0.3, -0.25) is 9.59 Å². The lowest BCUT2D eigenvalue weighted by atomic mass is 10.1. The van der Waals surface area contributed by atoms with Gasteiger partial charge in [-0.2, -0.15) is 18.4 Å². The van der Waals surface area contributed by atoms with Crippen LogP contribution >= 0.6 is 11.8 Å². The maximum Gasteiger partial charge on any atom is 0.406 e. The molecule has 3 rings (SSSR count). The van der Waals surface area contributed by atoms with Crippen molar-refractivity contribution < 1.29 is 18.0 Å². The van der Waals surface area contributed by atoms with Gasteiger partial charge in [0.2, 0.25) is 0 Å². The van der Waals surface area contributed by atoms with Crippen molar-refractivity contribution in [2.75, 3.05) is 5.75 Å². The summed E-state index contributed by atoms with van der Waals surface area (Å²) in [6.45, 7) is 1.80. The summed E-state index contributed by atoms with van der Waals surface area (Å²) in [7, 11) is 0. The van der Waals surface area contributed by atoms with Crippen LogP contribution in [0.2, 0.25) is 0 Å².